The van der Waals surface area contributed by atoms with Crippen LogP contribution in [0.15, 0.2) is 24.3 Å². The van der Waals surface area contributed by atoms with Gasteiger partial charge in [0.1, 0.15) is 11.5 Å². The summed E-state index contributed by atoms with van der Waals surface area (Å²) in [5, 5.41) is 2.28. The molecule has 94 valence electrons. The van der Waals surface area contributed by atoms with Crippen molar-refractivity contribution in [3.05, 3.63) is 45.1 Å². The molecule has 0 saturated carbocycles. The van der Waals surface area contributed by atoms with Crippen molar-refractivity contribution >= 4 is 40.2 Å². The van der Waals surface area contributed by atoms with Crippen molar-refractivity contribution in [3.63, 3.8) is 0 Å². The molecule has 1 aromatic heterocycles. The molecule has 2 aromatic rings. The molecule has 18 heavy (non-hydrogen) atoms. The lowest BCUT2D eigenvalue weighted by molar-refractivity contribution is 0.103. The molecule has 0 radical (unpaired) electrons. The number of hydrogen-bond acceptors (Lipinski definition) is 3. The van der Waals surface area contributed by atoms with Crippen LogP contribution < -0.4 is 11.1 Å². The van der Waals surface area contributed by atoms with Crippen LogP contribution >= 0.6 is 22.9 Å². The van der Waals surface area contributed by atoms with Crippen LogP contribution in [0.5, 0.6) is 0 Å². The molecule has 0 bridgehead atoms. The minimum absolute atomic E-state index is 0.177. The standard InChI is InChI=1S/C11H7ClF2N2OS/c12-9-2-1-8(18-9)11(17)16-10-6(14)3-5(13)4-7(10)15/h1-4H,15H2,(H,16,17). The second kappa shape index (κ2) is 4.91. The van der Waals surface area contributed by atoms with Gasteiger partial charge < -0.3 is 11.1 Å². The molecule has 0 unspecified atom stereocenters. The molecule has 2 rings (SSSR count). The summed E-state index contributed by atoms with van der Waals surface area (Å²) < 4.78 is 26.7. The van der Waals surface area contributed by atoms with Gasteiger partial charge in [-0.25, -0.2) is 8.78 Å². The summed E-state index contributed by atoms with van der Waals surface area (Å²) in [5.74, 6) is -2.28. The first-order valence-corrected chi connectivity index (χ1v) is 5.98. The zero-order valence-corrected chi connectivity index (χ0v) is 10.4. The number of nitrogens with one attached hydrogen (secondary N) is 1. The van der Waals surface area contributed by atoms with E-state index in [9.17, 15) is 13.6 Å². The second-order valence-corrected chi connectivity index (χ2v) is 5.12. The number of carbonyl (C=O) groups is 1. The summed E-state index contributed by atoms with van der Waals surface area (Å²) in [6.45, 7) is 0. The highest BCUT2D eigenvalue weighted by Crippen LogP contribution is 2.26. The fourth-order valence-electron chi connectivity index (χ4n) is 1.34. The first-order valence-electron chi connectivity index (χ1n) is 4.78. The van der Waals surface area contributed by atoms with Crippen LogP contribution in [0.4, 0.5) is 20.2 Å². The number of thiophene rings is 1. The highest BCUT2D eigenvalue weighted by molar-refractivity contribution is 7.18. The van der Waals surface area contributed by atoms with Crippen LogP contribution in [-0.2, 0) is 0 Å². The maximum atomic E-state index is 13.4. The van der Waals surface area contributed by atoms with Gasteiger partial charge in [-0.3, -0.25) is 4.79 Å². The molecule has 0 spiro atoms. The molecular formula is C11H7ClF2N2OS. The molecule has 0 aliphatic rings. The maximum absolute atomic E-state index is 13.4. The van der Waals surface area contributed by atoms with Gasteiger partial charge in [0.15, 0.2) is 5.82 Å². The van der Waals surface area contributed by atoms with Gasteiger partial charge in [-0.15, -0.1) is 11.3 Å². The van der Waals surface area contributed by atoms with E-state index in [1.54, 1.807) is 6.07 Å². The number of amides is 1. The Hall–Kier alpha value is -1.66. The average molecular weight is 289 g/mol. The molecule has 1 heterocycles. The first kappa shape index (κ1) is 12.8. The predicted molar refractivity (Wildman–Crippen MR) is 68.1 cm³/mol. The SMILES string of the molecule is Nc1cc(F)cc(F)c1NC(=O)c1ccc(Cl)s1. The van der Waals surface area contributed by atoms with Crippen LogP contribution in [0, 0.1) is 11.6 Å². The van der Waals surface area contributed by atoms with Crippen molar-refractivity contribution in [3.8, 4) is 0 Å². The number of hydrogen-bond donors (Lipinski definition) is 2. The Morgan fingerprint density at radius 1 is 1.33 bits per heavy atom. The summed E-state index contributed by atoms with van der Waals surface area (Å²) in [7, 11) is 0. The van der Waals surface area contributed by atoms with E-state index in [0.717, 1.165) is 17.4 Å². The third-order valence-corrected chi connectivity index (χ3v) is 3.35. The van der Waals surface area contributed by atoms with Crippen LogP contribution in [0.3, 0.4) is 0 Å². The molecule has 1 amide bonds. The Labute approximate surface area is 110 Å². The maximum Gasteiger partial charge on any atom is 0.265 e. The third kappa shape index (κ3) is 2.60. The minimum Gasteiger partial charge on any atom is -0.397 e. The van der Waals surface area contributed by atoms with E-state index in [4.69, 9.17) is 17.3 Å². The van der Waals surface area contributed by atoms with Gasteiger partial charge in [-0.1, -0.05) is 11.6 Å². The van der Waals surface area contributed by atoms with E-state index < -0.39 is 17.5 Å². The number of halogens is 3. The summed E-state index contributed by atoms with van der Waals surface area (Å²) in [4.78, 5) is 12.0. The van der Waals surface area contributed by atoms with Crippen molar-refractivity contribution in [2.45, 2.75) is 0 Å². The lowest BCUT2D eigenvalue weighted by Gasteiger charge is -2.08. The number of nitrogen functional groups attached to an aromatic ring is 1. The molecule has 3 N–H and O–H groups in total. The van der Waals surface area contributed by atoms with Gasteiger partial charge >= 0.3 is 0 Å². The van der Waals surface area contributed by atoms with Crippen LogP contribution in [0.2, 0.25) is 4.34 Å². The third-order valence-electron chi connectivity index (χ3n) is 2.12. The quantitative estimate of drug-likeness (QED) is 0.831. The molecular weight excluding hydrogens is 282 g/mol. The average Bonchev–Trinajstić information content (AvgIpc) is 2.70. The summed E-state index contributed by atoms with van der Waals surface area (Å²) >= 11 is 6.73. The van der Waals surface area contributed by atoms with Crippen molar-refractivity contribution in [2.75, 3.05) is 11.1 Å². The van der Waals surface area contributed by atoms with Gasteiger partial charge in [-0.05, 0) is 18.2 Å². The van der Waals surface area contributed by atoms with Gasteiger partial charge in [0.05, 0.1) is 14.9 Å². The van der Waals surface area contributed by atoms with Crippen LogP contribution in [0.25, 0.3) is 0 Å². The van der Waals surface area contributed by atoms with Crippen LogP contribution in [0.1, 0.15) is 9.67 Å². The van der Waals surface area contributed by atoms with E-state index in [1.165, 1.54) is 6.07 Å². The largest absolute Gasteiger partial charge is 0.397 e. The normalized spacial score (nSPS) is 10.4. The van der Waals surface area contributed by atoms with Gasteiger partial charge in [0.2, 0.25) is 0 Å². The Bertz CT molecular complexity index is 592. The lowest BCUT2D eigenvalue weighted by Crippen LogP contribution is -2.13. The van der Waals surface area contributed by atoms with Crippen molar-refractivity contribution < 1.29 is 13.6 Å². The van der Waals surface area contributed by atoms with E-state index >= 15 is 0 Å². The Morgan fingerprint density at radius 3 is 2.61 bits per heavy atom. The van der Waals surface area contributed by atoms with Crippen LogP contribution in [-0.4, -0.2) is 5.91 Å². The van der Waals surface area contributed by atoms with Crippen molar-refractivity contribution in [1.29, 1.82) is 0 Å². The molecule has 0 aliphatic heterocycles. The highest BCUT2D eigenvalue weighted by atomic mass is 35.5. The molecule has 7 heteroatoms. The molecule has 0 saturated heterocycles. The monoisotopic (exact) mass is 288 g/mol. The van der Waals surface area contributed by atoms with E-state index in [1.807, 2.05) is 0 Å². The highest BCUT2D eigenvalue weighted by Gasteiger charge is 2.15. The Balaban J connectivity index is 2.27. The van der Waals surface area contributed by atoms with Gasteiger partial charge in [-0.2, -0.15) is 0 Å². The molecule has 0 fully saturated rings. The van der Waals surface area contributed by atoms with E-state index in [0.29, 0.717) is 15.3 Å². The molecule has 0 atom stereocenters. The minimum atomic E-state index is -0.927. The number of rotatable bonds is 2. The fraction of sp³-hybridized carbons (Fsp3) is 0. The lowest BCUT2D eigenvalue weighted by atomic mass is 10.2. The zero-order chi connectivity index (χ0) is 13.3. The molecule has 3 nitrogen and oxygen atoms in total. The summed E-state index contributed by atoms with van der Waals surface area (Å²) in [6, 6.07) is 4.62. The Kier molecular flexibility index (Phi) is 3.49. The topological polar surface area (TPSA) is 55.1 Å². The zero-order valence-electron chi connectivity index (χ0n) is 8.84. The number of nitrogens with two attached hydrogens (primary N) is 1. The Morgan fingerprint density at radius 2 is 2.06 bits per heavy atom. The molecule has 0 aliphatic carbocycles. The molecule has 1 aromatic carbocycles. The summed E-state index contributed by atoms with van der Waals surface area (Å²) in [6.07, 6.45) is 0. The first-order chi connectivity index (χ1) is 8.47. The summed E-state index contributed by atoms with van der Waals surface area (Å²) in [5.41, 5.74) is 5.01. The number of benzene rings is 1. The van der Waals surface area contributed by atoms with Crippen molar-refractivity contribution in [2.24, 2.45) is 0 Å². The van der Waals surface area contributed by atoms with Gasteiger partial charge in [0, 0.05) is 6.07 Å². The van der Waals surface area contributed by atoms with Crippen molar-refractivity contribution in [1.82, 2.24) is 0 Å². The fourth-order valence-corrected chi connectivity index (χ4v) is 2.28. The van der Waals surface area contributed by atoms with E-state index in [-0.39, 0.29) is 11.4 Å². The van der Waals surface area contributed by atoms with Gasteiger partial charge in [0.25, 0.3) is 5.91 Å². The number of anilines is 2. The number of carbonyl (C=O) groups excluding carboxylic acids is 1. The second-order valence-electron chi connectivity index (χ2n) is 3.41. The smallest absolute Gasteiger partial charge is 0.265 e. The predicted octanol–water partition coefficient (Wildman–Crippen LogP) is 3.51. The van der Waals surface area contributed by atoms with E-state index in [2.05, 4.69) is 5.32 Å².